The number of carbonyl (C=O) groups is 2. The summed E-state index contributed by atoms with van der Waals surface area (Å²) < 4.78 is 0.956. The summed E-state index contributed by atoms with van der Waals surface area (Å²) in [4.78, 5) is 27.5. The lowest BCUT2D eigenvalue weighted by Gasteiger charge is -2.35. The minimum absolute atomic E-state index is 0.0301. The highest BCUT2D eigenvalue weighted by molar-refractivity contribution is 9.10. The van der Waals surface area contributed by atoms with Crippen molar-refractivity contribution in [2.75, 3.05) is 18.0 Å². The zero-order valence-electron chi connectivity index (χ0n) is 17.8. The molecule has 1 aliphatic heterocycles. The molecule has 0 unspecified atom stereocenters. The number of hydrogen-bond acceptors (Lipinski definition) is 3. The third-order valence-electron chi connectivity index (χ3n) is 5.78. The van der Waals surface area contributed by atoms with E-state index in [0.29, 0.717) is 17.0 Å². The van der Waals surface area contributed by atoms with Crippen LogP contribution in [0.2, 0.25) is 0 Å². The van der Waals surface area contributed by atoms with Gasteiger partial charge in [-0.1, -0.05) is 41.9 Å². The minimum Gasteiger partial charge on any atom is -0.371 e. The van der Waals surface area contributed by atoms with Crippen molar-refractivity contribution in [2.24, 2.45) is 5.92 Å². The topological polar surface area (TPSA) is 61.4 Å². The quantitative estimate of drug-likeness (QED) is 0.645. The number of para-hydroxylation sites is 1. The van der Waals surface area contributed by atoms with Crippen molar-refractivity contribution in [3.8, 4) is 0 Å². The number of benzene rings is 2. The normalized spacial score (nSPS) is 15.7. The van der Waals surface area contributed by atoms with E-state index in [1.165, 1.54) is 0 Å². The first-order valence-electron chi connectivity index (χ1n) is 10.6. The van der Waals surface area contributed by atoms with Gasteiger partial charge in [0.25, 0.3) is 11.8 Å². The summed E-state index contributed by atoms with van der Waals surface area (Å²) >= 11 is 3.39. The van der Waals surface area contributed by atoms with Crippen LogP contribution in [-0.2, 0) is 0 Å². The molecule has 5 nitrogen and oxygen atoms in total. The van der Waals surface area contributed by atoms with Gasteiger partial charge in [0.15, 0.2) is 0 Å². The van der Waals surface area contributed by atoms with E-state index in [2.05, 4.69) is 45.3 Å². The van der Waals surface area contributed by atoms with Gasteiger partial charge in [-0.15, -0.1) is 0 Å². The van der Waals surface area contributed by atoms with Gasteiger partial charge in [-0.3, -0.25) is 9.59 Å². The van der Waals surface area contributed by atoms with E-state index >= 15 is 0 Å². The van der Waals surface area contributed by atoms with E-state index in [1.54, 1.807) is 0 Å². The Kier molecular flexibility index (Phi) is 7.53. The second kappa shape index (κ2) is 10.1. The number of hydrogen-bond donors (Lipinski definition) is 2. The highest BCUT2D eigenvalue weighted by atomic mass is 79.9. The van der Waals surface area contributed by atoms with Gasteiger partial charge in [0.05, 0.1) is 5.56 Å². The van der Waals surface area contributed by atoms with Crippen molar-refractivity contribution in [3.63, 3.8) is 0 Å². The van der Waals surface area contributed by atoms with Gasteiger partial charge in [0.1, 0.15) is 0 Å². The summed E-state index contributed by atoms with van der Waals surface area (Å²) in [5.41, 5.74) is 2.34. The molecule has 1 heterocycles. The number of rotatable bonds is 6. The summed E-state index contributed by atoms with van der Waals surface area (Å²) in [6, 6.07) is 15.4. The monoisotopic (exact) mass is 471 g/mol. The lowest BCUT2D eigenvalue weighted by Crippen LogP contribution is -2.45. The minimum atomic E-state index is -0.0385. The average Bonchev–Trinajstić information content (AvgIpc) is 2.74. The molecule has 1 fully saturated rings. The van der Waals surface area contributed by atoms with Crippen LogP contribution in [0.15, 0.2) is 53.0 Å². The van der Waals surface area contributed by atoms with Crippen LogP contribution in [0, 0.1) is 5.92 Å². The third-order valence-corrected chi connectivity index (χ3v) is 6.31. The van der Waals surface area contributed by atoms with Crippen LogP contribution in [-0.4, -0.2) is 37.0 Å². The van der Waals surface area contributed by atoms with E-state index in [-0.39, 0.29) is 23.9 Å². The molecule has 6 heteroatoms. The van der Waals surface area contributed by atoms with Crippen molar-refractivity contribution in [2.45, 2.75) is 45.7 Å². The predicted molar refractivity (Wildman–Crippen MR) is 125 cm³/mol. The van der Waals surface area contributed by atoms with Gasteiger partial charge in [-0.25, -0.2) is 0 Å². The zero-order chi connectivity index (χ0) is 21.7. The number of nitrogens with one attached hydrogen (secondary N) is 2. The molecule has 2 N–H and O–H groups in total. The van der Waals surface area contributed by atoms with E-state index in [1.807, 2.05) is 55.5 Å². The summed E-state index contributed by atoms with van der Waals surface area (Å²) in [5.74, 6) is 0.312. The molecule has 30 heavy (non-hydrogen) atoms. The molecule has 0 aromatic heterocycles. The van der Waals surface area contributed by atoms with Gasteiger partial charge < -0.3 is 15.5 Å². The molecular formula is C24H30BrN3O2. The molecule has 2 amide bonds. The fraction of sp³-hybridized carbons (Fsp3) is 0.417. The summed E-state index contributed by atoms with van der Waals surface area (Å²) in [6.45, 7) is 7.84. The van der Waals surface area contributed by atoms with E-state index in [4.69, 9.17) is 0 Å². The van der Waals surface area contributed by atoms with Gasteiger partial charge >= 0.3 is 0 Å². The van der Waals surface area contributed by atoms with E-state index in [0.717, 1.165) is 36.1 Å². The third kappa shape index (κ3) is 5.63. The first-order chi connectivity index (χ1) is 14.3. The number of amides is 2. The Balaban J connectivity index is 1.60. The number of anilines is 1. The standard InChI is InChI=1S/C24H30BrN3O2/c1-16(2)17(3)26-24(30)21-6-4-5-7-22(21)28-14-12-20(13-15-28)27-23(29)18-8-10-19(25)11-9-18/h4-11,16-17,20H,12-15H2,1-3H3,(H,26,30)(H,27,29)/t17-/m0/s1. The molecule has 1 saturated heterocycles. The number of piperidine rings is 1. The smallest absolute Gasteiger partial charge is 0.253 e. The van der Waals surface area contributed by atoms with Crippen LogP contribution < -0.4 is 15.5 Å². The molecular weight excluding hydrogens is 442 g/mol. The van der Waals surface area contributed by atoms with Crippen molar-refractivity contribution in [3.05, 3.63) is 64.1 Å². The highest BCUT2D eigenvalue weighted by Gasteiger charge is 2.24. The molecule has 160 valence electrons. The second-order valence-electron chi connectivity index (χ2n) is 8.26. The van der Waals surface area contributed by atoms with Crippen molar-refractivity contribution in [1.82, 2.24) is 10.6 Å². The SMILES string of the molecule is CC(C)[C@H](C)NC(=O)c1ccccc1N1CCC(NC(=O)c2ccc(Br)cc2)CC1. The molecule has 0 spiro atoms. The first-order valence-corrected chi connectivity index (χ1v) is 11.4. The summed E-state index contributed by atoms with van der Waals surface area (Å²) in [5, 5.41) is 6.25. The molecule has 2 aromatic carbocycles. The van der Waals surface area contributed by atoms with Gasteiger partial charge in [-0.2, -0.15) is 0 Å². The van der Waals surface area contributed by atoms with Crippen molar-refractivity contribution in [1.29, 1.82) is 0 Å². The molecule has 0 radical (unpaired) electrons. The predicted octanol–water partition coefficient (Wildman–Crippen LogP) is 4.62. The summed E-state index contributed by atoms with van der Waals surface area (Å²) in [7, 11) is 0. The van der Waals surface area contributed by atoms with E-state index in [9.17, 15) is 9.59 Å². The van der Waals surface area contributed by atoms with Crippen LogP contribution in [0.3, 0.4) is 0 Å². The zero-order valence-corrected chi connectivity index (χ0v) is 19.4. The molecule has 1 aliphatic rings. The molecule has 0 aliphatic carbocycles. The molecule has 1 atom stereocenters. The maximum atomic E-state index is 12.8. The van der Waals surface area contributed by atoms with Crippen LogP contribution in [0.5, 0.6) is 0 Å². The Bertz CT molecular complexity index is 874. The summed E-state index contributed by atoms with van der Waals surface area (Å²) in [6.07, 6.45) is 1.70. The first kappa shape index (κ1) is 22.3. The second-order valence-corrected chi connectivity index (χ2v) is 9.18. The molecule has 0 saturated carbocycles. The Hall–Kier alpha value is -2.34. The molecule has 0 bridgehead atoms. The van der Waals surface area contributed by atoms with Crippen LogP contribution in [0.25, 0.3) is 0 Å². The van der Waals surface area contributed by atoms with Gasteiger partial charge in [-0.05, 0) is 62.1 Å². The highest BCUT2D eigenvalue weighted by Crippen LogP contribution is 2.25. The maximum absolute atomic E-state index is 12.8. The Morgan fingerprint density at radius 1 is 0.967 bits per heavy atom. The van der Waals surface area contributed by atoms with Gasteiger partial charge in [0.2, 0.25) is 0 Å². The fourth-order valence-corrected chi connectivity index (χ4v) is 3.79. The largest absolute Gasteiger partial charge is 0.371 e. The fourth-order valence-electron chi connectivity index (χ4n) is 3.53. The maximum Gasteiger partial charge on any atom is 0.253 e. The Morgan fingerprint density at radius 2 is 1.60 bits per heavy atom. The average molecular weight is 472 g/mol. The van der Waals surface area contributed by atoms with Crippen molar-refractivity contribution < 1.29 is 9.59 Å². The Morgan fingerprint density at radius 3 is 2.23 bits per heavy atom. The molecule has 3 rings (SSSR count). The number of nitrogens with zero attached hydrogens (tertiary/aromatic N) is 1. The number of halogens is 1. The van der Waals surface area contributed by atoms with Crippen molar-refractivity contribution >= 4 is 33.4 Å². The van der Waals surface area contributed by atoms with Crippen LogP contribution in [0.1, 0.15) is 54.3 Å². The van der Waals surface area contributed by atoms with Crippen LogP contribution in [0.4, 0.5) is 5.69 Å². The lowest BCUT2D eigenvalue weighted by atomic mass is 10.0. The number of carbonyl (C=O) groups excluding carboxylic acids is 2. The van der Waals surface area contributed by atoms with Gasteiger partial charge in [0, 0.05) is 40.9 Å². The Labute approximate surface area is 187 Å². The lowest BCUT2D eigenvalue weighted by molar-refractivity contribution is 0.0925. The molecule has 2 aromatic rings. The van der Waals surface area contributed by atoms with Crippen LogP contribution >= 0.6 is 15.9 Å². The van der Waals surface area contributed by atoms with E-state index < -0.39 is 0 Å².